The van der Waals surface area contributed by atoms with Gasteiger partial charge in [0.25, 0.3) is 0 Å². The number of hydrogen-bond acceptors (Lipinski definition) is 2. The van der Waals surface area contributed by atoms with Crippen molar-refractivity contribution in [3.05, 3.63) is 24.1 Å². The second kappa shape index (κ2) is 1.79. The summed E-state index contributed by atoms with van der Waals surface area (Å²) in [6, 6.07) is 0. The van der Waals surface area contributed by atoms with Gasteiger partial charge in [0, 0.05) is 6.54 Å². The molecule has 0 bridgehead atoms. The SMILES string of the molecule is C1=CCN2CCOC2=C1. The average molecular weight is 123 g/mol. The summed E-state index contributed by atoms with van der Waals surface area (Å²) >= 11 is 0. The molecule has 2 aliphatic heterocycles. The van der Waals surface area contributed by atoms with Crippen LogP contribution in [0.4, 0.5) is 0 Å². The molecule has 0 radical (unpaired) electrons. The van der Waals surface area contributed by atoms with Crippen LogP contribution in [0.15, 0.2) is 24.1 Å². The van der Waals surface area contributed by atoms with Crippen molar-refractivity contribution in [3.8, 4) is 0 Å². The molecule has 0 aromatic carbocycles. The summed E-state index contributed by atoms with van der Waals surface area (Å²) in [4.78, 5) is 2.22. The van der Waals surface area contributed by atoms with Crippen molar-refractivity contribution in [3.63, 3.8) is 0 Å². The monoisotopic (exact) mass is 123 g/mol. The highest BCUT2D eigenvalue weighted by molar-refractivity contribution is 5.15. The van der Waals surface area contributed by atoms with Crippen molar-refractivity contribution in [2.45, 2.75) is 0 Å². The Hall–Kier alpha value is -0.920. The van der Waals surface area contributed by atoms with Crippen LogP contribution in [0.3, 0.4) is 0 Å². The summed E-state index contributed by atoms with van der Waals surface area (Å²) in [7, 11) is 0. The van der Waals surface area contributed by atoms with Crippen molar-refractivity contribution < 1.29 is 4.74 Å². The molecule has 2 aliphatic rings. The number of ether oxygens (including phenoxy) is 1. The zero-order chi connectivity index (χ0) is 6.10. The van der Waals surface area contributed by atoms with Gasteiger partial charge in [-0.3, -0.25) is 0 Å². The van der Waals surface area contributed by atoms with E-state index < -0.39 is 0 Å². The van der Waals surface area contributed by atoms with Crippen LogP contribution in [0, 0.1) is 0 Å². The van der Waals surface area contributed by atoms with E-state index in [0.717, 1.165) is 25.6 Å². The van der Waals surface area contributed by atoms with E-state index in [0.29, 0.717) is 0 Å². The second-order valence-corrected chi connectivity index (χ2v) is 2.23. The predicted octanol–water partition coefficient (Wildman–Crippen LogP) is 0.730. The molecule has 2 nitrogen and oxygen atoms in total. The van der Waals surface area contributed by atoms with Crippen LogP contribution < -0.4 is 0 Å². The first kappa shape index (κ1) is 4.91. The highest BCUT2D eigenvalue weighted by atomic mass is 16.5. The lowest BCUT2D eigenvalue weighted by molar-refractivity contribution is 0.238. The third-order valence-corrected chi connectivity index (χ3v) is 1.62. The first-order chi connectivity index (χ1) is 4.47. The Morgan fingerprint density at radius 3 is 3.44 bits per heavy atom. The normalized spacial score (nSPS) is 23.1. The van der Waals surface area contributed by atoms with Crippen LogP contribution in [0.25, 0.3) is 0 Å². The molecular formula is C7H9NO. The second-order valence-electron chi connectivity index (χ2n) is 2.23. The molecule has 0 amide bonds. The van der Waals surface area contributed by atoms with E-state index >= 15 is 0 Å². The summed E-state index contributed by atoms with van der Waals surface area (Å²) in [5, 5.41) is 0. The molecule has 0 spiro atoms. The first-order valence-electron chi connectivity index (χ1n) is 3.21. The number of hydrogen-bond donors (Lipinski definition) is 0. The molecule has 0 N–H and O–H groups in total. The molecule has 2 heterocycles. The minimum Gasteiger partial charge on any atom is -0.477 e. The lowest BCUT2D eigenvalue weighted by Gasteiger charge is -2.16. The Labute approximate surface area is 54.4 Å². The zero-order valence-corrected chi connectivity index (χ0v) is 5.21. The fourth-order valence-electron chi connectivity index (χ4n) is 1.14. The lowest BCUT2D eigenvalue weighted by Crippen LogP contribution is -2.19. The number of nitrogens with zero attached hydrogens (tertiary/aromatic N) is 1. The molecule has 0 atom stereocenters. The van der Waals surface area contributed by atoms with E-state index in [1.54, 1.807) is 0 Å². The summed E-state index contributed by atoms with van der Waals surface area (Å²) in [6.45, 7) is 2.93. The van der Waals surface area contributed by atoms with Gasteiger partial charge in [0.1, 0.15) is 6.61 Å². The predicted molar refractivity (Wildman–Crippen MR) is 34.7 cm³/mol. The van der Waals surface area contributed by atoms with Crippen LogP contribution in [0.2, 0.25) is 0 Å². The first-order valence-corrected chi connectivity index (χ1v) is 3.21. The molecule has 2 rings (SSSR count). The molecule has 1 saturated heterocycles. The van der Waals surface area contributed by atoms with Crippen LogP contribution in [0.5, 0.6) is 0 Å². The molecule has 0 saturated carbocycles. The highest BCUT2D eigenvalue weighted by Gasteiger charge is 2.17. The van der Waals surface area contributed by atoms with E-state index in [9.17, 15) is 0 Å². The van der Waals surface area contributed by atoms with Gasteiger partial charge in [-0.25, -0.2) is 0 Å². The minimum absolute atomic E-state index is 0.855. The summed E-state index contributed by atoms with van der Waals surface area (Å²) in [5.74, 6) is 1.04. The van der Waals surface area contributed by atoms with Crippen LogP contribution in [0.1, 0.15) is 0 Å². The number of fused-ring (bicyclic) bond motifs is 1. The van der Waals surface area contributed by atoms with E-state index in [2.05, 4.69) is 11.0 Å². The quantitative estimate of drug-likeness (QED) is 0.471. The lowest BCUT2D eigenvalue weighted by atomic mass is 10.3. The van der Waals surface area contributed by atoms with Crippen molar-refractivity contribution >= 4 is 0 Å². The Bertz CT molecular complexity index is 172. The van der Waals surface area contributed by atoms with Crippen molar-refractivity contribution in [2.75, 3.05) is 19.7 Å². The van der Waals surface area contributed by atoms with Gasteiger partial charge >= 0.3 is 0 Å². The van der Waals surface area contributed by atoms with E-state index in [-0.39, 0.29) is 0 Å². The molecule has 2 heteroatoms. The molecule has 1 fully saturated rings. The number of allylic oxidation sites excluding steroid dienone is 2. The molecule has 0 unspecified atom stereocenters. The molecule has 0 aromatic rings. The summed E-state index contributed by atoms with van der Waals surface area (Å²) in [5.41, 5.74) is 0. The van der Waals surface area contributed by atoms with Crippen molar-refractivity contribution in [1.82, 2.24) is 4.90 Å². The topological polar surface area (TPSA) is 12.5 Å². The van der Waals surface area contributed by atoms with Crippen molar-refractivity contribution in [2.24, 2.45) is 0 Å². The zero-order valence-electron chi connectivity index (χ0n) is 5.21. The fourth-order valence-corrected chi connectivity index (χ4v) is 1.14. The summed E-state index contributed by atoms with van der Waals surface area (Å²) < 4.78 is 5.29. The van der Waals surface area contributed by atoms with Gasteiger partial charge in [0.2, 0.25) is 0 Å². The maximum Gasteiger partial charge on any atom is 0.189 e. The molecule has 48 valence electrons. The van der Waals surface area contributed by atoms with Gasteiger partial charge < -0.3 is 9.64 Å². The van der Waals surface area contributed by atoms with Gasteiger partial charge in [-0.15, -0.1) is 0 Å². The molecule has 0 aromatic heterocycles. The third kappa shape index (κ3) is 0.707. The highest BCUT2D eigenvalue weighted by Crippen LogP contribution is 2.15. The largest absolute Gasteiger partial charge is 0.477 e. The standard InChI is InChI=1S/C7H9NO/c1-2-4-8-5-6-9-7(8)3-1/h1-3H,4-6H2. The van der Waals surface area contributed by atoms with Gasteiger partial charge in [0.15, 0.2) is 5.88 Å². The average Bonchev–Trinajstić information content (AvgIpc) is 2.33. The molecule has 0 aliphatic carbocycles. The molecule has 9 heavy (non-hydrogen) atoms. The Morgan fingerprint density at radius 2 is 2.56 bits per heavy atom. The van der Waals surface area contributed by atoms with E-state index in [1.807, 2.05) is 12.2 Å². The minimum atomic E-state index is 0.855. The van der Waals surface area contributed by atoms with Crippen LogP contribution in [-0.4, -0.2) is 24.6 Å². The molecular weight excluding hydrogens is 114 g/mol. The van der Waals surface area contributed by atoms with Gasteiger partial charge in [-0.1, -0.05) is 12.2 Å². The Balaban J connectivity index is 2.23. The van der Waals surface area contributed by atoms with Gasteiger partial charge in [0.05, 0.1) is 6.54 Å². The van der Waals surface area contributed by atoms with E-state index in [1.165, 1.54) is 0 Å². The van der Waals surface area contributed by atoms with E-state index in [4.69, 9.17) is 4.74 Å². The summed E-state index contributed by atoms with van der Waals surface area (Å²) in [6.07, 6.45) is 6.19. The third-order valence-electron chi connectivity index (χ3n) is 1.62. The Kier molecular flexibility index (Phi) is 0.979. The van der Waals surface area contributed by atoms with Gasteiger partial charge in [-0.05, 0) is 6.08 Å². The fraction of sp³-hybridized carbons (Fsp3) is 0.429. The smallest absolute Gasteiger partial charge is 0.189 e. The Morgan fingerprint density at radius 1 is 1.56 bits per heavy atom. The maximum atomic E-state index is 5.29. The number of rotatable bonds is 0. The van der Waals surface area contributed by atoms with Crippen LogP contribution >= 0.6 is 0 Å². The van der Waals surface area contributed by atoms with Crippen molar-refractivity contribution in [1.29, 1.82) is 0 Å². The van der Waals surface area contributed by atoms with Gasteiger partial charge in [-0.2, -0.15) is 0 Å². The maximum absolute atomic E-state index is 5.29. The van der Waals surface area contributed by atoms with Crippen LogP contribution in [-0.2, 0) is 4.74 Å².